The van der Waals surface area contributed by atoms with Crippen LogP contribution in [0.4, 0.5) is 0 Å². The molecular weight excluding hydrogens is 520 g/mol. The summed E-state index contributed by atoms with van der Waals surface area (Å²) in [5.74, 6) is -0.224. The van der Waals surface area contributed by atoms with Crippen molar-refractivity contribution in [3.8, 4) is 0 Å². The zero-order valence-corrected chi connectivity index (χ0v) is 27.8. The number of allylic oxidation sites excluding steroid dienone is 8. The van der Waals surface area contributed by atoms with Gasteiger partial charge in [-0.3, -0.25) is 4.79 Å². The maximum absolute atomic E-state index is 12.1. The lowest BCUT2D eigenvalue weighted by molar-refractivity contribution is -0.154. The second-order valence-electron chi connectivity index (χ2n) is 11.6. The minimum absolute atomic E-state index is 0.181. The number of hydrogen-bond acceptors (Lipinski definition) is 4. The normalized spacial score (nSPS) is 12.9. The van der Waals surface area contributed by atoms with E-state index >= 15 is 0 Å². The van der Waals surface area contributed by atoms with Gasteiger partial charge < -0.3 is 14.6 Å². The van der Waals surface area contributed by atoms with Crippen LogP contribution in [0.25, 0.3) is 0 Å². The predicted octanol–water partition coefficient (Wildman–Crippen LogP) is 11.1. The molecule has 0 aromatic heterocycles. The molecule has 0 amide bonds. The van der Waals surface area contributed by atoms with Crippen molar-refractivity contribution in [3.63, 3.8) is 0 Å². The second-order valence-corrected chi connectivity index (χ2v) is 11.6. The first kappa shape index (κ1) is 40.4. The molecule has 1 atom stereocenters. The quantitative estimate of drug-likeness (QED) is 0.0482. The average molecular weight is 589 g/mol. The Morgan fingerprint density at radius 3 is 1.62 bits per heavy atom. The molecule has 0 heterocycles. The van der Waals surface area contributed by atoms with Crippen LogP contribution in [0, 0.1) is 0 Å². The summed E-state index contributed by atoms with van der Waals surface area (Å²) in [5, 5.41) is 9.54. The summed E-state index contributed by atoms with van der Waals surface area (Å²) in [4.78, 5) is 12.1. The Kier molecular flexibility index (Phi) is 34.1. The summed E-state index contributed by atoms with van der Waals surface area (Å²) >= 11 is 0. The molecule has 0 bridgehead atoms. The van der Waals surface area contributed by atoms with E-state index in [1.807, 2.05) is 0 Å². The van der Waals surface area contributed by atoms with E-state index in [1.54, 1.807) is 0 Å². The largest absolute Gasteiger partial charge is 0.457 e. The lowest BCUT2D eigenvalue weighted by Gasteiger charge is -2.15. The third kappa shape index (κ3) is 32.9. The Morgan fingerprint density at radius 2 is 1.07 bits per heavy atom. The van der Waals surface area contributed by atoms with Gasteiger partial charge in [0.2, 0.25) is 0 Å². The van der Waals surface area contributed by atoms with Crippen molar-refractivity contribution in [3.05, 3.63) is 48.6 Å². The first-order valence-corrected chi connectivity index (χ1v) is 17.7. The van der Waals surface area contributed by atoms with Crippen molar-refractivity contribution >= 4 is 5.97 Å². The standard InChI is InChI=1S/C38H68O4/c1-3-5-7-9-11-13-15-17-18-19-20-21-23-25-27-29-31-33-38(40)42-37(35-39)36-41-34-32-30-28-26-24-22-16-14-12-10-8-6-4-2/h5,7,11,13,17-18,20-21,37,39H,3-4,6,8-10,12,14-16,19,22-36H2,1-2H3/b7-5-,13-11-,18-17-,21-20-. The van der Waals surface area contributed by atoms with Crippen LogP contribution in [-0.2, 0) is 14.3 Å². The molecular formula is C38H68O4. The first-order chi connectivity index (χ1) is 20.7. The van der Waals surface area contributed by atoms with Gasteiger partial charge in [-0.15, -0.1) is 0 Å². The van der Waals surface area contributed by atoms with Crippen molar-refractivity contribution in [2.75, 3.05) is 19.8 Å². The van der Waals surface area contributed by atoms with Gasteiger partial charge in [0.1, 0.15) is 6.10 Å². The van der Waals surface area contributed by atoms with Gasteiger partial charge in [-0.25, -0.2) is 0 Å². The van der Waals surface area contributed by atoms with Gasteiger partial charge in [0.25, 0.3) is 0 Å². The molecule has 42 heavy (non-hydrogen) atoms. The average Bonchev–Trinajstić information content (AvgIpc) is 3.00. The van der Waals surface area contributed by atoms with Gasteiger partial charge in [-0.1, -0.05) is 152 Å². The molecule has 0 aromatic rings. The molecule has 0 aliphatic rings. The van der Waals surface area contributed by atoms with E-state index in [-0.39, 0.29) is 19.2 Å². The van der Waals surface area contributed by atoms with Gasteiger partial charge in [0, 0.05) is 13.0 Å². The molecule has 1 N–H and O–H groups in total. The molecule has 0 aromatic carbocycles. The Balaban J connectivity index is 3.52. The molecule has 4 nitrogen and oxygen atoms in total. The number of esters is 1. The summed E-state index contributed by atoms with van der Waals surface area (Å²) in [6.45, 7) is 5.21. The number of carbonyl (C=O) groups excluding carboxylic acids is 1. The SMILES string of the molecule is CC/C=C\C/C=C\C/C=C\C/C=C\CCCCCCC(=O)OC(CO)COCCCCCCCCCCCCCCC. The number of hydrogen-bond donors (Lipinski definition) is 1. The monoisotopic (exact) mass is 589 g/mol. The van der Waals surface area contributed by atoms with Crippen molar-refractivity contribution in [1.29, 1.82) is 0 Å². The third-order valence-electron chi connectivity index (χ3n) is 7.42. The fourth-order valence-electron chi connectivity index (χ4n) is 4.79. The highest BCUT2D eigenvalue weighted by molar-refractivity contribution is 5.69. The van der Waals surface area contributed by atoms with Gasteiger partial charge >= 0.3 is 5.97 Å². The number of unbranched alkanes of at least 4 members (excludes halogenated alkanes) is 16. The zero-order valence-electron chi connectivity index (χ0n) is 27.8. The summed E-state index contributed by atoms with van der Waals surface area (Å²) in [7, 11) is 0. The number of aliphatic hydroxyl groups is 1. The summed E-state index contributed by atoms with van der Waals surface area (Å²) in [5.41, 5.74) is 0. The van der Waals surface area contributed by atoms with E-state index in [0.717, 1.165) is 64.2 Å². The van der Waals surface area contributed by atoms with Crippen LogP contribution in [0.15, 0.2) is 48.6 Å². The molecule has 0 fully saturated rings. The second kappa shape index (κ2) is 35.5. The predicted molar refractivity (Wildman–Crippen MR) is 182 cm³/mol. The Morgan fingerprint density at radius 1 is 0.595 bits per heavy atom. The lowest BCUT2D eigenvalue weighted by atomic mass is 10.0. The molecule has 4 heteroatoms. The van der Waals surface area contributed by atoms with Crippen LogP contribution in [0.5, 0.6) is 0 Å². The molecule has 0 spiro atoms. The van der Waals surface area contributed by atoms with E-state index in [1.165, 1.54) is 77.0 Å². The highest BCUT2D eigenvalue weighted by Gasteiger charge is 2.13. The maximum Gasteiger partial charge on any atom is 0.306 e. The number of aliphatic hydroxyl groups excluding tert-OH is 1. The Labute approximate surface area is 261 Å². The molecule has 0 aliphatic carbocycles. The highest BCUT2D eigenvalue weighted by atomic mass is 16.6. The van der Waals surface area contributed by atoms with Crippen molar-refractivity contribution in [2.45, 2.75) is 168 Å². The summed E-state index contributed by atoms with van der Waals surface area (Å²) < 4.78 is 11.1. The molecule has 0 aliphatic heterocycles. The zero-order chi connectivity index (χ0) is 30.6. The number of carbonyl (C=O) groups is 1. The van der Waals surface area contributed by atoms with Crippen LogP contribution in [-0.4, -0.2) is 37.0 Å². The summed E-state index contributed by atoms with van der Waals surface area (Å²) in [6.07, 6.45) is 44.3. The molecule has 0 radical (unpaired) electrons. The van der Waals surface area contributed by atoms with Crippen LogP contribution in [0.3, 0.4) is 0 Å². The van der Waals surface area contributed by atoms with E-state index in [4.69, 9.17) is 9.47 Å². The number of rotatable bonds is 32. The van der Waals surface area contributed by atoms with Crippen LogP contribution in [0.2, 0.25) is 0 Å². The Bertz CT molecular complexity index is 664. The van der Waals surface area contributed by atoms with Crippen molar-refractivity contribution in [2.24, 2.45) is 0 Å². The van der Waals surface area contributed by atoms with E-state index in [9.17, 15) is 9.90 Å². The van der Waals surface area contributed by atoms with E-state index in [2.05, 4.69) is 62.5 Å². The first-order valence-electron chi connectivity index (χ1n) is 17.7. The van der Waals surface area contributed by atoms with Gasteiger partial charge in [0.05, 0.1) is 13.2 Å². The molecule has 0 saturated carbocycles. The number of ether oxygens (including phenoxy) is 2. The van der Waals surface area contributed by atoms with Crippen molar-refractivity contribution < 1.29 is 19.4 Å². The smallest absolute Gasteiger partial charge is 0.306 e. The van der Waals surface area contributed by atoms with E-state index < -0.39 is 6.10 Å². The van der Waals surface area contributed by atoms with Crippen molar-refractivity contribution in [1.82, 2.24) is 0 Å². The Hall–Kier alpha value is -1.65. The molecule has 244 valence electrons. The fourth-order valence-corrected chi connectivity index (χ4v) is 4.79. The topological polar surface area (TPSA) is 55.8 Å². The van der Waals surface area contributed by atoms with Crippen LogP contribution >= 0.6 is 0 Å². The van der Waals surface area contributed by atoms with Gasteiger partial charge in [-0.05, 0) is 51.4 Å². The maximum atomic E-state index is 12.1. The molecule has 0 rings (SSSR count). The minimum atomic E-state index is -0.544. The fraction of sp³-hybridized carbons (Fsp3) is 0.763. The van der Waals surface area contributed by atoms with Crippen LogP contribution in [0.1, 0.15) is 162 Å². The highest BCUT2D eigenvalue weighted by Crippen LogP contribution is 2.13. The lowest BCUT2D eigenvalue weighted by Crippen LogP contribution is -2.27. The van der Waals surface area contributed by atoms with Gasteiger partial charge in [-0.2, -0.15) is 0 Å². The molecule has 0 saturated heterocycles. The van der Waals surface area contributed by atoms with E-state index in [0.29, 0.717) is 13.0 Å². The molecule has 1 unspecified atom stereocenters. The summed E-state index contributed by atoms with van der Waals surface area (Å²) in [6, 6.07) is 0. The minimum Gasteiger partial charge on any atom is -0.457 e. The van der Waals surface area contributed by atoms with Gasteiger partial charge in [0.15, 0.2) is 0 Å². The third-order valence-corrected chi connectivity index (χ3v) is 7.42. The van der Waals surface area contributed by atoms with Crippen LogP contribution < -0.4 is 0 Å².